The molecule has 0 bridgehead atoms. The fraction of sp³-hybridized carbons (Fsp3) is 0.167. The lowest BCUT2D eigenvalue weighted by atomic mass is 10.2. The highest BCUT2D eigenvalue weighted by Crippen LogP contribution is 2.09. The normalized spacial score (nSPS) is 10.1. The molecule has 2 aromatic rings. The molecule has 0 aliphatic rings. The van der Waals surface area contributed by atoms with Crippen LogP contribution in [-0.2, 0) is 9.59 Å². The summed E-state index contributed by atoms with van der Waals surface area (Å²) in [4.78, 5) is 37.1. The number of nitrogens with zero attached hydrogens (tertiary/aromatic N) is 1. The second-order valence-corrected chi connectivity index (χ2v) is 5.93. The number of hydrogen-bond donors (Lipinski definition) is 2. The highest BCUT2D eigenvalue weighted by Gasteiger charge is 2.14. The standard InChI is InChI=1S/C18H17ClFN3O3/c1-23(11-16(24)22-15-8-6-14(20)7-9-15)17(25)10-21-18(26)12-2-4-13(19)5-3-12/h2-9H,10-11H2,1H3,(H,21,26)(H,22,24). The predicted molar refractivity (Wildman–Crippen MR) is 96.5 cm³/mol. The Balaban J connectivity index is 1.79. The Morgan fingerprint density at radius 1 is 1.04 bits per heavy atom. The number of hydrogen-bond acceptors (Lipinski definition) is 3. The molecule has 0 radical (unpaired) electrons. The molecule has 0 saturated carbocycles. The zero-order valence-electron chi connectivity index (χ0n) is 14.0. The minimum atomic E-state index is -0.434. The van der Waals surface area contributed by atoms with Crippen LogP contribution in [0.5, 0.6) is 0 Å². The summed E-state index contributed by atoms with van der Waals surface area (Å²) in [5.74, 6) is -1.69. The van der Waals surface area contributed by atoms with Gasteiger partial charge in [0.1, 0.15) is 5.82 Å². The van der Waals surface area contributed by atoms with Gasteiger partial charge in [0.05, 0.1) is 13.1 Å². The van der Waals surface area contributed by atoms with E-state index in [1.165, 1.54) is 36.2 Å². The Hall–Kier alpha value is -2.93. The summed E-state index contributed by atoms with van der Waals surface area (Å²) in [7, 11) is 1.45. The van der Waals surface area contributed by atoms with Crippen molar-refractivity contribution in [3.05, 3.63) is 64.9 Å². The van der Waals surface area contributed by atoms with Gasteiger partial charge in [0.2, 0.25) is 11.8 Å². The van der Waals surface area contributed by atoms with Crippen LogP contribution in [0, 0.1) is 5.82 Å². The smallest absolute Gasteiger partial charge is 0.251 e. The van der Waals surface area contributed by atoms with Crippen LogP contribution >= 0.6 is 11.6 Å². The molecule has 0 spiro atoms. The van der Waals surface area contributed by atoms with Gasteiger partial charge in [0.25, 0.3) is 5.91 Å². The van der Waals surface area contributed by atoms with Crippen molar-refractivity contribution in [2.45, 2.75) is 0 Å². The van der Waals surface area contributed by atoms with E-state index < -0.39 is 23.5 Å². The molecular formula is C18H17ClFN3O3. The van der Waals surface area contributed by atoms with Crippen LogP contribution in [0.2, 0.25) is 5.02 Å². The lowest BCUT2D eigenvalue weighted by Gasteiger charge is -2.17. The number of benzene rings is 2. The molecule has 2 rings (SSSR count). The highest BCUT2D eigenvalue weighted by molar-refractivity contribution is 6.30. The number of likely N-dealkylation sites (N-methyl/N-ethyl adjacent to an activating group) is 1. The maximum atomic E-state index is 12.8. The van der Waals surface area contributed by atoms with E-state index >= 15 is 0 Å². The van der Waals surface area contributed by atoms with Crippen molar-refractivity contribution < 1.29 is 18.8 Å². The van der Waals surface area contributed by atoms with E-state index in [0.717, 1.165) is 0 Å². The van der Waals surface area contributed by atoms with Crippen LogP contribution in [0.15, 0.2) is 48.5 Å². The first kappa shape index (κ1) is 19.4. The number of carbonyl (C=O) groups excluding carboxylic acids is 3. The molecule has 2 aromatic carbocycles. The number of anilines is 1. The fourth-order valence-electron chi connectivity index (χ4n) is 2.03. The van der Waals surface area contributed by atoms with E-state index in [1.807, 2.05) is 0 Å². The number of carbonyl (C=O) groups is 3. The molecule has 0 aliphatic carbocycles. The Morgan fingerprint density at radius 2 is 1.65 bits per heavy atom. The average Bonchev–Trinajstić information content (AvgIpc) is 2.61. The minimum absolute atomic E-state index is 0.201. The third-order valence-electron chi connectivity index (χ3n) is 3.44. The quantitative estimate of drug-likeness (QED) is 0.810. The molecule has 6 nitrogen and oxygen atoms in total. The van der Waals surface area contributed by atoms with Crippen LogP contribution in [-0.4, -0.2) is 42.8 Å². The average molecular weight is 378 g/mol. The van der Waals surface area contributed by atoms with Gasteiger partial charge >= 0.3 is 0 Å². The van der Waals surface area contributed by atoms with Crippen LogP contribution in [0.4, 0.5) is 10.1 Å². The first-order valence-corrected chi connectivity index (χ1v) is 8.06. The largest absolute Gasteiger partial charge is 0.343 e. The zero-order chi connectivity index (χ0) is 19.1. The third kappa shape index (κ3) is 5.86. The lowest BCUT2D eigenvalue weighted by molar-refractivity contribution is -0.132. The van der Waals surface area contributed by atoms with Gasteiger partial charge in [0.15, 0.2) is 0 Å². The van der Waals surface area contributed by atoms with Gasteiger partial charge < -0.3 is 15.5 Å². The summed E-state index contributed by atoms with van der Waals surface area (Å²) in [6, 6.07) is 11.5. The van der Waals surface area contributed by atoms with E-state index in [4.69, 9.17) is 11.6 Å². The van der Waals surface area contributed by atoms with Crippen molar-refractivity contribution in [1.29, 1.82) is 0 Å². The molecule has 3 amide bonds. The van der Waals surface area contributed by atoms with Crippen LogP contribution in [0.3, 0.4) is 0 Å². The molecule has 0 unspecified atom stereocenters. The van der Waals surface area contributed by atoms with E-state index in [0.29, 0.717) is 16.3 Å². The molecule has 0 heterocycles. The second-order valence-electron chi connectivity index (χ2n) is 5.49. The molecule has 0 atom stereocenters. The maximum absolute atomic E-state index is 12.8. The molecule has 0 aromatic heterocycles. The van der Waals surface area contributed by atoms with E-state index in [1.54, 1.807) is 24.3 Å². The highest BCUT2D eigenvalue weighted by atomic mass is 35.5. The first-order valence-electron chi connectivity index (χ1n) is 7.68. The molecule has 8 heteroatoms. The van der Waals surface area contributed by atoms with E-state index in [-0.39, 0.29) is 13.1 Å². The topological polar surface area (TPSA) is 78.5 Å². The molecule has 0 aliphatic heterocycles. The van der Waals surface area contributed by atoms with E-state index in [2.05, 4.69) is 10.6 Å². The summed E-state index contributed by atoms with van der Waals surface area (Å²) in [6.45, 7) is -0.450. The predicted octanol–water partition coefficient (Wildman–Crippen LogP) is 2.31. The Labute approximate surface area is 154 Å². The van der Waals surface area contributed by atoms with Gasteiger partial charge in [-0.1, -0.05) is 11.6 Å². The van der Waals surface area contributed by atoms with Crippen molar-refractivity contribution in [2.75, 3.05) is 25.5 Å². The van der Waals surface area contributed by atoms with Crippen LogP contribution < -0.4 is 10.6 Å². The minimum Gasteiger partial charge on any atom is -0.343 e. The summed E-state index contributed by atoms with van der Waals surface area (Å²) in [5.41, 5.74) is 0.798. The zero-order valence-corrected chi connectivity index (χ0v) is 14.7. The molecule has 26 heavy (non-hydrogen) atoms. The molecule has 2 N–H and O–H groups in total. The molecule has 136 valence electrons. The van der Waals surface area contributed by atoms with Gasteiger partial charge in [-0.2, -0.15) is 0 Å². The van der Waals surface area contributed by atoms with Gasteiger partial charge in [-0.05, 0) is 48.5 Å². The SMILES string of the molecule is CN(CC(=O)Nc1ccc(F)cc1)C(=O)CNC(=O)c1ccc(Cl)cc1. The number of amides is 3. The van der Waals surface area contributed by atoms with Gasteiger partial charge in [-0.3, -0.25) is 14.4 Å². The van der Waals surface area contributed by atoms with Gasteiger partial charge in [0, 0.05) is 23.3 Å². The maximum Gasteiger partial charge on any atom is 0.251 e. The van der Waals surface area contributed by atoms with Crippen molar-refractivity contribution in [3.8, 4) is 0 Å². The Kier molecular flexibility index (Phi) is 6.68. The van der Waals surface area contributed by atoms with Gasteiger partial charge in [-0.25, -0.2) is 4.39 Å². The molecular weight excluding hydrogens is 361 g/mol. The molecule has 0 fully saturated rings. The summed E-state index contributed by atoms with van der Waals surface area (Å²) in [6.07, 6.45) is 0. The summed E-state index contributed by atoms with van der Waals surface area (Å²) in [5, 5.41) is 5.54. The second kappa shape index (κ2) is 8.96. The van der Waals surface area contributed by atoms with Crippen molar-refractivity contribution in [3.63, 3.8) is 0 Å². The Bertz CT molecular complexity index is 794. The fourth-order valence-corrected chi connectivity index (χ4v) is 2.16. The van der Waals surface area contributed by atoms with E-state index in [9.17, 15) is 18.8 Å². The van der Waals surface area contributed by atoms with Crippen molar-refractivity contribution in [1.82, 2.24) is 10.2 Å². The number of nitrogens with one attached hydrogen (secondary N) is 2. The Morgan fingerprint density at radius 3 is 2.27 bits per heavy atom. The summed E-state index contributed by atoms with van der Waals surface area (Å²) < 4.78 is 12.8. The van der Waals surface area contributed by atoms with Crippen LogP contribution in [0.1, 0.15) is 10.4 Å². The van der Waals surface area contributed by atoms with Crippen molar-refractivity contribution in [2.24, 2.45) is 0 Å². The van der Waals surface area contributed by atoms with Crippen molar-refractivity contribution >= 4 is 35.0 Å². The first-order chi connectivity index (χ1) is 12.3. The summed E-state index contributed by atoms with van der Waals surface area (Å²) >= 11 is 5.75. The molecule has 0 saturated heterocycles. The number of halogens is 2. The monoisotopic (exact) mass is 377 g/mol. The van der Waals surface area contributed by atoms with Gasteiger partial charge in [-0.15, -0.1) is 0 Å². The van der Waals surface area contributed by atoms with Crippen LogP contribution in [0.25, 0.3) is 0 Å². The lowest BCUT2D eigenvalue weighted by Crippen LogP contribution is -2.41. The third-order valence-corrected chi connectivity index (χ3v) is 3.69. The number of rotatable bonds is 6.